The first kappa shape index (κ1) is 21.5. The number of halogens is 2. The van der Waals surface area contributed by atoms with Crippen molar-refractivity contribution in [1.82, 2.24) is 20.3 Å². The molecule has 4 rings (SSSR count). The minimum atomic E-state index is -0.663. The topological polar surface area (TPSA) is 84.9 Å². The van der Waals surface area contributed by atoms with E-state index in [1.807, 2.05) is 0 Å². The summed E-state index contributed by atoms with van der Waals surface area (Å²) in [5.41, 5.74) is 1.26. The lowest BCUT2D eigenvalue weighted by atomic mass is 9.62. The molecule has 0 fully saturated rings. The van der Waals surface area contributed by atoms with Crippen LogP contribution in [0.5, 0.6) is 0 Å². The van der Waals surface area contributed by atoms with Crippen LogP contribution in [-0.2, 0) is 18.4 Å². The molecule has 0 unspecified atom stereocenters. The van der Waals surface area contributed by atoms with E-state index < -0.39 is 17.0 Å². The second-order valence-electron chi connectivity index (χ2n) is 9.59. The molecule has 0 aliphatic heterocycles. The Morgan fingerprint density at radius 1 is 1.19 bits per heavy atom. The fourth-order valence-corrected chi connectivity index (χ4v) is 4.59. The van der Waals surface area contributed by atoms with E-state index in [2.05, 4.69) is 48.0 Å². The molecule has 1 aliphatic rings. The fraction of sp³-hybridized carbons (Fsp3) is 0.478. The van der Waals surface area contributed by atoms with E-state index in [-0.39, 0.29) is 35.1 Å². The van der Waals surface area contributed by atoms with Gasteiger partial charge in [-0.2, -0.15) is 15.2 Å². The molecular formula is C23H26F2N4O2. The van der Waals surface area contributed by atoms with Crippen LogP contribution in [0.4, 0.5) is 8.78 Å². The summed E-state index contributed by atoms with van der Waals surface area (Å²) in [4.78, 5) is 4.22. The summed E-state index contributed by atoms with van der Waals surface area (Å²) in [6.45, 7) is 8.21. The molecule has 1 aromatic carbocycles. The van der Waals surface area contributed by atoms with Crippen LogP contribution < -0.4 is 0 Å². The number of nitrogens with zero attached hydrogens (tertiary/aromatic N) is 4. The zero-order valence-corrected chi connectivity index (χ0v) is 18.1. The summed E-state index contributed by atoms with van der Waals surface area (Å²) in [6, 6.07) is 5.56. The summed E-state index contributed by atoms with van der Waals surface area (Å²) >= 11 is 0. The predicted molar refractivity (Wildman–Crippen MR) is 110 cm³/mol. The van der Waals surface area contributed by atoms with Crippen LogP contribution in [0, 0.1) is 17.0 Å². The first-order valence-corrected chi connectivity index (χ1v) is 10.4. The van der Waals surface area contributed by atoms with E-state index in [1.54, 1.807) is 6.07 Å². The zero-order chi connectivity index (χ0) is 22.4. The Labute approximate surface area is 179 Å². The molecule has 0 amide bonds. The first-order chi connectivity index (χ1) is 14.6. The average Bonchev–Trinajstić information content (AvgIpc) is 3.14. The summed E-state index contributed by atoms with van der Waals surface area (Å²) in [6.07, 6.45) is 2.16. The van der Waals surface area contributed by atoms with Gasteiger partial charge in [0.1, 0.15) is 18.2 Å². The van der Waals surface area contributed by atoms with Gasteiger partial charge in [-0.3, -0.25) is 0 Å². The van der Waals surface area contributed by atoms with Gasteiger partial charge < -0.3 is 9.63 Å². The van der Waals surface area contributed by atoms with Crippen molar-refractivity contribution in [2.75, 3.05) is 0 Å². The van der Waals surface area contributed by atoms with Crippen LogP contribution in [0.2, 0.25) is 0 Å². The highest BCUT2D eigenvalue weighted by Gasteiger charge is 2.43. The summed E-state index contributed by atoms with van der Waals surface area (Å²) in [5, 5.41) is 21.9. The van der Waals surface area contributed by atoms with Crippen molar-refractivity contribution in [3.8, 4) is 11.3 Å². The maximum atomic E-state index is 14.4. The number of aromatic nitrogens is 4. The molecule has 31 heavy (non-hydrogen) atoms. The van der Waals surface area contributed by atoms with Crippen LogP contribution in [0.3, 0.4) is 0 Å². The van der Waals surface area contributed by atoms with Crippen LogP contribution in [0.25, 0.3) is 11.3 Å². The molecule has 6 nitrogen and oxygen atoms in total. The monoisotopic (exact) mass is 428 g/mol. The van der Waals surface area contributed by atoms with Crippen molar-refractivity contribution >= 4 is 0 Å². The number of fused-ring (bicyclic) bond motifs is 1. The lowest BCUT2D eigenvalue weighted by Gasteiger charge is -2.42. The number of rotatable bonds is 4. The van der Waals surface area contributed by atoms with Crippen LogP contribution >= 0.6 is 0 Å². The standard InChI is InChI=1S/C23H26F2N4O2/c1-22(2,3)14-8-9-23(4,11-18-26-19(12-30)31-29-18)21-13(14)10-17(27-28-21)20-15(24)6-5-7-16(20)25/h5-7,10,14,30H,8-9,11-12H2,1-4H3/t14-,23+/m0/s1. The quantitative estimate of drug-likeness (QED) is 0.647. The lowest BCUT2D eigenvalue weighted by Crippen LogP contribution is -2.37. The maximum absolute atomic E-state index is 14.4. The third-order valence-electron chi connectivity index (χ3n) is 6.21. The van der Waals surface area contributed by atoms with E-state index in [9.17, 15) is 13.9 Å². The highest BCUT2D eigenvalue weighted by atomic mass is 19.1. The largest absolute Gasteiger partial charge is 0.387 e. The Bertz CT molecular complexity index is 1090. The minimum Gasteiger partial charge on any atom is -0.387 e. The Hall–Kier alpha value is -2.74. The number of aliphatic hydroxyl groups excluding tert-OH is 1. The summed E-state index contributed by atoms with van der Waals surface area (Å²) < 4.78 is 33.9. The van der Waals surface area contributed by atoms with Crippen molar-refractivity contribution in [2.45, 2.75) is 64.9 Å². The molecule has 1 aliphatic carbocycles. The number of hydrogen-bond acceptors (Lipinski definition) is 6. The highest BCUT2D eigenvalue weighted by molar-refractivity contribution is 5.62. The smallest absolute Gasteiger partial charge is 0.252 e. The molecule has 2 atom stereocenters. The lowest BCUT2D eigenvalue weighted by molar-refractivity contribution is 0.221. The van der Waals surface area contributed by atoms with Gasteiger partial charge in [-0.1, -0.05) is 38.9 Å². The van der Waals surface area contributed by atoms with E-state index in [0.29, 0.717) is 12.2 Å². The first-order valence-electron chi connectivity index (χ1n) is 10.4. The molecule has 3 aromatic rings. The molecule has 0 spiro atoms. The maximum Gasteiger partial charge on any atom is 0.252 e. The van der Waals surface area contributed by atoms with Gasteiger partial charge in [0.15, 0.2) is 5.82 Å². The third kappa shape index (κ3) is 3.96. The molecular weight excluding hydrogens is 402 g/mol. The number of hydrogen-bond donors (Lipinski definition) is 1. The second kappa shape index (κ2) is 7.75. The van der Waals surface area contributed by atoms with E-state index in [0.717, 1.165) is 24.1 Å². The molecule has 0 bridgehead atoms. The Balaban J connectivity index is 1.83. The van der Waals surface area contributed by atoms with Crippen molar-refractivity contribution in [3.05, 3.63) is 58.9 Å². The summed E-state index contributed by atoms with van der Waals surface area (Å²) in [5.74, 6) is -0.527. The van der Waals surface area contributed by atoms with Crippen LogP contribution in [0.1, 0.15) is 69.4 Å². The van der Waals surface area contributed by atoms with Crippen LogP contribution in [0.15, 0.2) is 28.8 Å². The average molecular weight is 428 g/mol. The molecule has 2 heterocycles. The normalized spacial score (nSPS) is 21.2. The zero-order valence-electron chi connectivity index (χ0n) is 18.1. The molecule has 1 N–H and O–H groups in total. The molecule has 8 heteroatoms. The van der Waals surface area contributed by atoms with Crippen molar-refractivity contribution in [1.29, 1.82) is 0 Å². The van der Waals surface area contributed by atoms with Crippen molar-refractivity contribution in [3.63, 3.8) is 0 Å². The molecule has 2 aromatic heterocycles. The van der Waals surface area contributed by atoms with Crippen molar-refractivity contribution in [2.24, 2.45) is 5.41 Å². The van der Waals surface area contributed by atoms with Gasteiger partial charge in [0.25, 0.3) is 5.89 Å². The molecule has 164 valence electrons. The van der Waals surface area contributed by atoms with E-state index >= 15 is 0 Å². The Morgan fingerprint density at radius 2 is 1.90 bits per heavy atom. The van der Waals surface area contributed by atoms with Gasteiger partial charge >= 0.3 is 0 Å². The molecule has 0 saturated carbocycles. The van der Waals surface area contributed by atoms with Crippen molar-refractivity contribution < 1.29 is 18.4 Å². The van der Waals surface area contributed by atoms with E-state index in [1.165, 1.54) is 18.2 Å². The van der Waals surface area contributed by atoms with Gasteiger partial charge in [-0.15, -0.1) is 0 Å². The Kier molecular flexibility index (Phi) is 5.37. The minimum absolute atomic E-state index is 0.0691. The van der Waals surface area contributed by atoms with Gasteiger partial charge in [0.2, 0.25) is 0 Å². The fourth-order valence-electron chi connectivity index (χ4n) is 4.59. The SMILES string of the molecule is CC(C)(C)[C@H]1CC[C@](C)(Cc2noc(CO)n2)c2nnc(-c3c(F)cccc3F)cc21. The van der Waals surface area contributed by atoms with Gasteiger partial charge in [-0.05, 0) is 47.9 Å². The number of aliphatic hydroxyl groups is 1. The number of benzene rings is 1. The Morgan fingerprint density at radius 3 is 2.52 bits per heavy atom. The van der Waals surface area contributed by atoms with Crippen LogP contribution in [-0.4, -0.2) is 25.4 Å². The predicted octanol–water partition coefficient (Wildman–Crippen LogP) is 4.72. The summed E-state index contributed by atoms with van der Waals surface area (Å²) in [7, 11) is 0. The molecule has 0 radical (unpaired) electrons. The van der Waals surface area contributed by atoms with E-state index in [4.69, 9.17) is 4.52 Å². The van der Waals surface area contributed by atoms with Gasteiger partial charge in [-0.25, -0.2) is 8.78 Å². The highest BCUT2D eigenvalue weighted by Crippen LogP contribution is 2.50. The van der Waals surface area contributed by atoms with Gasteiger partial charge in [0.05, 0.1) is 17.0 Å². The van der Waals surface area contributed by atoms with Gasteiger partial charge in [0, 0.05) is 11.8 Å². The second-order valence-corrected chi connectivity index (χ2v) is 9.59. The third-order valence-corrected chi connectivity index (χ3v) is 6.21. The molecule has 0 saturated heterocycles.